The van der Waals surface area contributed by atoms with Crippen LogP contribution in [-0.4, -0.2) is 50.4 Å². The number of carbonyl (C=O) groups excluding carboxylic acids is 1. The fourth-order valence-corrected chi connectivity index (χ4v) is 4.13. The number of piperidine rings is 1. The van der Waals surface area contributed by atoms with Crippen molar-refractivity contribution in [3.05, 3.63) is 30.3 Å². The minimum atomic E-state index is -3.48. The first-order valence-corrected chi connectivity index (χ1v) is 10.3. The number of benzene rings is 1. The van der Waals surface area contributed by atoms with Crippen LogP contribution in [-0.2, 0) is 14.8 Å². The summed E-state index contributed by atoms with van der Waals surface area (Å²) in [6.45, 7) is 7.85. The fraction of sp³-hybridized carbons (Fsp3) is 0.611. The van der Waals surface area contributed by atoms with E-state index in [-0.39, 0.29) is 17.5 Å². The number of hydrogen-bond acceptors (Lipinski definition) is 4. The van der Waals surface area contributed by atoms with Gasteiger partial charge in [0.1, 0.15) is 0 Å². The lowest BCUT2D eigenvalue weighted by Crippen LogP contribution is -2.50. The summed E-state index contributed by atoms with van der Waals surface area (Å²) in [5.41, 5.74) is -0.194. The smallest absolute Gasteiger partial charge is 0.240 e. The predicted octanol–water partition coefficient (Wildman–Crippen LogP) is 1.73. The number of rotatable bonds is 7. The van der Waals surface area contributed by atoms with E-state index in [1.165, 1.54) is 0 Å². The summed E-state index contributed by atoms with van der Waals surface area (Å²) in [6, 6.07) is 8.33. The highest BCUT2D eigenvalue weighted by Gasteiger charge is 2.26. The third-order valence-electron chi connectivity index (χ3n) is 4.69. The number of nitrogens with zero attached hydrogens (tertiary/aromatic N) is 1. The number of sulfonamides is 1. The van der Waals surface area contributed by atoms with E-state index in [0.29, 0.717) is 37.4 Å². The summed E-state index contributed by atoms with van der Waals surface area (Å²) in [5.74, 6) is 0.0233. The van der Waals surface area contributed by atoms with Crippen molar-refractivity contribution in [1.82, 2.24) is 14.9 Å². The van der Waals surface area contributed by atoms with Crippen LogP contribution in [0.1, 0.15) is 40.0 Å². The largest absolute Gasteiger partial charge is 0.350 e. The fourth-order valence-electron chi connectivity index (χ4n) is 2.80. The summed E-state index contributed by atoms with van der Waals surface area (Å²) in [5, 5.41) is 3.03. The van der Waals surface area contributed by atoms with Crippen molar-refractivity contribution in [2.45, 2.75) is 56.5 Å². The topological polar surface area (TPSA) is 78.5 Å². The van der Waals surface area contributed by atoms with Gasteiger partial charge >= 0.3 is 0 Å². The molecule has 0 radical (unpaired) electrons. The van der Waals surface area contributed by atoms with Crippen molar-refractivity contribution in [2.24, 2.45) is 0 Å². The Balaban J connectivity index is 1.81. The average molecular weight is 368 g/mol. The van der Waals surface area contributed by atoms with Gasteiger partial charge in [0.25, 0.3) is 0 Å². The molecule has 1 aliphatic heterocycles. The standard InChI is InChI=1S/C18H29N3O3S/c1-4-18(2,3)19-17(22)14-21-12-10-15(11-13-21)20-25(23,24)16-8-6-5-7-9-16/h5-9,15,20H,4,10-14H2,1-3H3,(H,19,22). The van der Waals surface area contributed by atoms with E-state index >= 15 is 0 Å². The first-order chi connectivity index (χ1) is 11.7. The molecule has 1 aromatic carbocycles. The van der Waals surface area contributed by atoms with Crippen LogP contribution in [0.2, 0.25) is 0 Å². The molecule has 0 aliphatic carbocycles. The minimum Gasteiger partial charge on any atom is -0.350 e. The number of likely N-dealkylation sites (tertiary alicyclic amines) is 1. The van der Waals surface area contributed by atoms with E-state index in [0.717, 1.165) is 6.42 Å². The maximum Gasteiger partial charge on any atom is 0.240 e. The molecule has 0 atom stereocenters. The minimum absolute atomic E-state index is 0.0233. The molecule has 25 heavy (non-hydrogen) atoms. The van der Waals surface area contributed by atoms with Gasteiger partial charge in [-0.1, -0.05) is 25.1 Å². The van der Waals surface area contributed by atoms with Gasteiger partial charge in [-0.3, -0.25) is 9.69 Å². The molecule has 0 bridgehead atoms. The summed E-state index contributed by atoms with van der Waals surface area (Å²) in [6.07, 6.45) is 2.29. The number of carbonyl (C=O) groups is 1. The molecule has 0 unspecified atom stereocenters. The lowest BCUT2D eigenvalue weighted by molar-refractivity contribution is -0.124. The van der Waals surface area contributed by atoms with Gasteiger partial charge in [-0.15, -0.1) is 0 Å². The van der Waals surface area contributed by atoms with Crippen molar-refractivity contribution in [3.63, 3.8) is 0 Å². The van der Waals surface area contributed by atoms with Crippen molar-refractivity contribution in [1.29, 1.82) is 0 Å². The molecule has 2 rings (SSSR count). The van der Waals surface area contributed by atoms with Crippen LogP contribution in [0.4, 0.5) is 0 Å². The number of amides is 1. The van der Waals surface area contributed by atoms with Gasteiger partial charge in [-0.25, -0.2) is 13.1 Å². The van der Waals surface area contributed by atoms with Crippen LogP contribution in [0.15, 0.2) is 35.2 Å². The Labute approximate surface area is 151 Å². The zero-order chi connectivity index (χ0) is 18.5. The van der Waals surface area contributed by atoms with Gasteiger partial charge < -0.3 is 5.32 Å². The van der Waals surface area contributed by atoms with Gasteiger partial charge in [0.05, 0.1) is 11.4 Å². The number of hydrogen-bond donors (Lipinski definition) is 2. The van der Waals surface area contributed by atoms with Crippen LogP contribution in [0.5, 0.6) is 0 Å². The Morgan fingerprint density at radius 2 is 1.80 bits per heavy atom. The van der Waals surface area contributed by atoms with Crippen molar-refractivity contribution in [3.8, 4) is 0 Å². The zero-order valence-electron chi connectivity index (χ0n) is 15.3. The van der Waals surface area contributed by atoms with E-state index in [9.17, 15) is 13.2 Å². The van der Waals surface area contributed by atoms with Gasteiger partial charge in [-0.05, 0) is 45.2 Å². The summed E-state index contributed by atoms with van der Waals surface area (Å²) in [7, 11) is -3.48. The molecule has 7 heteroatoms. The van der Waals surface area contributed by atoms with Crippen molar-refractivity contribution in [2.75, 3.05) is 19.6 Å². The molecule has 1 amide bonds. The molecule has 140 valence electrons. The van der Waals surface area contributed by atoms with Gasteiger partial charge in [0, 0.05) is 24.7 Å². The highest BCUT2D eigenvalue weighted by atomic mass is 32.2. The SMILES string of the molecule is CCC(C)(C)NC(=O)CN1CCC(NS(=O)(=O)c2ccccc2)CC1. The molecule has 1 aromatic rings. The lowest BCUT2D eigenvalue weighted by Gasteiger charge is -2.33. The van der Waals surface area contributed by atoms with E-state index in [2.05, 4.69) is 14.9 Å². The summed E-state index contributed by atoms with van der Waals surface area (Å²) < 4.78 is 27.5. The molecule has 0 spiro atoms. The van der Waals surface area contributed by atoms with Gasteiger partial charge in [0.2, 0.25) is 15.9 Å². The Morgan fingerprint density at radius 3 is 2.36 bits per heavy atom. The highest BCUT2D eigenvalue weighted by molar-refractivity contribution is 7.89. The average Bonchev–Trinajstić information content (AvgIpc) is 2.57. The highest BCUT2D eigenvalue weighted by Crippen LogP contribution is 2.15. The van der Waals surface area contributed by atoms with Crippen LogP contribution >= 0.6 is 0 Å². The van der Waals surface area contributed by atoms with Crippen LogP contribution < -0.4 is 10.0 Å². The van der Waals surface area contributed by atoms with Crippen molar-refractivity contribution >= 4 is 15.9 Å². The van der Waals surface area contributed by atoms with Gasteiger partial charge in [0.15, 0.2) is 0 Å². The summed E-state index contributed by atoms with van der Waals surface area (Å²) in [4.78, 5) is 14.5. The zero-order valence-corrected chi connectivity index (χ0v) is 16.1. The Bertz CT molecular complexity index is 666. The second-order valence-corrected chi connectivity index (χ2v) is 8.98. The van der Waals surface area contributed by atoms with E-state index in [1.54, 1.807) is 30.3 Å². The van der Waals surface area contributed by atoms with E-state index < -0.39 is 10.0 Å². The van der Waals surface area contributed by atoms with Crippen LogP contribution in [0, 0.1) is 0 Å². The third-order valence-corrected chi connectivity index (χ3v) is 6.23. The molecule has 1 heterocycles. The number of nitrogens with one attached hydrogen (secondary N) is 2. The quantitative estimate of drug-likeness (QED) is 0.769. The maximum absolute atomic E-state index is 12.4. The normalized spacial score (nSPS) is 17.4. The molecule has 2 N–H and O–H groups in total. The Hall–Kier alpha value is -1.44. The van der Waals surface area contributed by atoms with E-state index in [1.807, 2.05) is 20.8 Å². The van der Waals surface area contributed by atoms with Crippen LogP contribution in [0.3, 0.4) is 0 Å². The molecule has 1 fully saturated rings. The third kappa shape index (κ3) is 6.09. The first kappa shape index (κ1) is 19.9. The molecule has 1 saturated heterocycles. The van der Waals surface area contributed by atoms with Gasteiger partial charge in [-0.2, -0.15) is 0 Å². The molecule has 0 aromatic heterocycles. The predicted molar refractivity (Wildman–Crippen MR) is 98.7 cm³/mol. The molecule has 1 aliphatic rings. The van der Waals surface area contributed by atoms with Crippen molar-refractivity contribution < 1.29 is 13.2 Å². The molecular weight excluding hydrogens is 338 g/mol. The Kier molecular flexibility index (Phi) is 6.59. The maximum atomic E-state index is 12.4. The Morgan fingerprint density at radius 1 is 1.20 bits per heavy atom. The summed E-state index contributed by atoms with van der Waals surface area (Å²) >= 11 is 0. The monoisotopic (exact) mass is 367 g/mol. The molecule has 0 saturated carbocycles. The van der Waals surface area contributed by atoms with E-state index in [4.69, 9.17) is 0 Å². The second-order valence-electron chi connectivity index (χ2n) is 7.27. The molecular formula is C18H29N3O3S. The van der Waals surface area contributed by atoms with Crippen LogP contribution in [0.25, 0.3) is 0 Å². The second kappa shape index (κ2) is 8.29. The first-order valence-electron chi connectivity index (χ1n) is 8.82. The lowest BCUT2D eigenvalue weighted by atomic mass is 10.0. The molecule has 6 nitrogen and oxygen atoms in total.